The van der Waals surface area contributed by atoms with Crippen LogP contribution in [0.3, 0.4) is 0 Å². The van der Waals surface area contributed by atoms with Crippen LogP contribution >= 0.6 is 23.2 Å². The molecular formula is C17H28Cl2N2O. The second kappa shape index (κ2) is 6.76. The molecule has 1 saturated carbocycles. The van der Waals surface area contributed by atoms with Crippen molar-refractivity contribution in [2.24, 2.45) is 29.6 Å². The lowest BCUT2D eigenvalue weighted by Gasteiger charge is -2.43. The van der Waals surface area contributed by atoms with Gasteiger partial charge in [0.1, 0.15) is 0 Å². The topological polar surface area (TPSA) is 33.3 Å². The van der Waals surface area contributed by atoms with E-state index in [-0.39, 0.29) is 0 Å². The molecule has 5 heteroatoms. The summed E-state index contributed by atoms with van der Waals surface area (Å²) in [5.41, 5.74) is 0. The van der Waals surface area contributed by atoms with E-state index in [0.717, 1.165) is 63.3 Å². The summed E-state index contributed by atoms with van der Waals surface area (Å²) in [6, 6.07) is 0. The molecule has 3 aliphatic heterocycles. The molecule has 3 heterocycles. The molecule has 0 radical (unpaired) electrons. The molecule has 1 aliphatic carbocycles. The monoisotopic (exact) mass is 346 g/mol. The second-order valence-corrected chi connectivity index (χ2v) is 9.01. The van der Waals surface area contributed by atoms with Crippen LogP contribution in [0, 0.1) is 29.6 Å². The maximum atomic E-state index is 6.67. The normalized spacial score (nSPS) is 52.6. The lowest BCUT2D eigenvalue weighted by atomic mass is 9.70. The minimum Gasteiger partial charge on any atom is -0.381 e. The highest BCUT2D eigenvalue weighted by Gasteiger charge is 2.46. The van der Waals surface area contributed by atoms with Crippen LogP contribution in [0.5, 0.6) is 0 Å². The zero-order valence-corrected chi connectivity index (χ0v) is 14.7. The molecule has 0 aromatic rings. The first-order valence-electron chi connectivity index (χ1n) is 9.05. The molecule has 0 bridgehead atoms. The maximum Gasteiger partial charge on any atom is 0.0604 e. The van der Waals surface area contributed by atoms with Gasteiger partial charge in [-0.05, 0) is 68.2 Å². The van der Waals surface area contributed by atoms with Gasteiger partial charge in [0.2, 0.25) is 0 Å². The van der Waals surface area contributed by atoms with Crippen LogP contribution in [0.2, 0.25) is 0 Å². The summed E-state index contributed by atoms with van der Waals surface area (Å²) in [5, 5.41) is 8.12. The van der Waals surface area contributed by atoms with Gasteiger partial charge in [-0.15, -0.1) is 23.2 Å². The lowest BCUT2D eigenvalue weighted by Crippen LogP contribution is -2.52. The summed E-state index contributed by atoms with van der Waals surface area (Å²) in [6.45, 7) is 4.16. The van der Waals surface area contributed by atoms with Gasteiger partial charge in [0.25, 0.3) is 0 Å². The van der Waals surface area contributed by atoms with E-state index in [1.165, 1.54) is 12.8 Å². The number of piperidine rings is 1. The molecule has 0 amide bonds. The van der Waals surface area contributed by atoms with E-state index in [9.17, 15) is 0 Å². The summed E-state index contributed by atoms with van der Waals surface area (Å²) < 4.78 is 5.64. The fraction of sp³-hybridized carbons (Fsp3) is 1.00. The average molecular weight is 347 g/mol. The molecule has 3 saturated heterocycles. The predicted octanol–water partition coefficient (Wildman–Crippen LogP) is 2.81. The van der Waals surface area contributed by atoms with Crippen molar-refractivity contribution in [1.82, 2.24) is 10.6 Å². The molecule has 8 unspecified atom stereocenters. The van der Waals surface area contributed by atoms with E-state index >= 15 is 0 Å². The third-order valence-corrected chi connectivity index (χ3v) is 7.59. The molecule has 0 spiro atoms. The van der Waals surface area contributed by atoms with Crippen LogP contribution in [0.4, 0.5) is 0 Å². The smallest absolute Gasteiger partial charge is 0.0604 e. The number of ether oxygens (including phenoxy) is 1. The Labute approximate surface area is 143 Å². The van der Waals surface area contributed by atoms with Gasteiger partial charge in [-0.3, -0.25) is 0 Å². The number of halogens is 2. The first kappa shape index (κ1) is 16.0. The van der Waals surface area contributed by atoms with E-state index in [1.54, 1.807) is 0 Å². The molecule has 8 atom stereocenters. The van der Waals surface area contributed by atoms with Gasteiger partial charge in [-0.2, -0.15) is 0 Å². The summed E-state index contributed by atoms with van der Waals surface area (Å²) in [4.78, 5) is 0. The Hall–Kier alpha value is 0.460. The van der Waals surface area contributed by atoms with Gasteiger partial charge in [0, 0.05) is 30.5 Å². The largest absolute Gasteiger partial charge is 0.381 e. The van der Waals surface area contributed by atoms with Gasteiger partial charge in [-0.1, -0.05) is 0 Å². The predicted molar refractivity (Wildman–Crippen MR) is 90.4 cm³/mol. The maximum absolute atomic E-state index is 6.67. The summed E-state index contributed by atoms with van der Waals surface area (Å²) in [5.74, 6) is 3.54. The molecule has 0 aromatic carbocycles. The van der Waals surface area contributed by atoms with Crippen molar-refractivity contribution in [3.05, 3.63) is 0 Å². The van der Waals surface area contributed by atoms with E-state index in [0.29, 0.717) is 28.8 Å². The van der Waals surface area contributed by atoms with Crippen LogP contribution in [0.15, 0.2) is 0 Å². The van der Waals surface area contributed by atoms with Crippen LogP contribution in [-0.4, -0.2) is 43.2 Å². The zero-order chi connectivity index (χ0) is 15.1. The van der Waals surface area contributed by atoms with Gasteiger partial charge >= 0.3 is 0 Å². The first-order chi connectivity index (χ1) is 10.7. The van der Waals surface area contributed by atoms with Crippen molar-refractivity contribution in [2.75, 3.05) is 26.3 Å². The number of hydrogen-bond donors (Lipinski definition) is 2. The van der Waals surface area contributed by atoms with E-state index in [2.05, 4.69) is 10.6 Å². The molecule has 22 heavy (non-hydrogen) atoms. The van der Waals surface area contributed by atoms with Gasteiger partial charge in [-0.25, -0.2) is 0 Å². The molecule has 3 nitrogen and oxygen atoms in total. The SMILES string of the molecule is ClC1CCC(Cl)C(C2CNC3NCC(C4CCOC4)C3C2)C1. The Kier molecular flexibility index (Phi) is 4.90. The van der Waals surface area contributed by atoms with Crippen LogP contribution in [0.25, 0.3) is 0 Å². The summed E-state index contributed by atoms with van der Waals surface area (Å²) >= 11 is 13.1. The Morgan fingerprint density at radius 1 is 0.818 bits per heavy atom. The van der Waals surface area contributed by atoms with E-state index in [1.807, 2.05) is 0 Å². The Bertz CT molecular complexity index is 391. The molecule has 4 rings (SSSR count). The number of rotatable bonds is 2. The first-order valence-corrected chi connectivity index (χ1v) is 9.92. The third-order valence-electron chi connectivity index (χ3n) is 6.65. The van der Waals surface area contributed by atoms with Crippen molar-refractivity contribution < 1.29 is 4.74 Å². The Balaban J connectivity index is 1.43. The second-order valence-electron chi connectivity index (χ2n) is 7.83. The van der Waals surface area contributed by atoms with Crippen molar-refractivity contribution >= 4 is 23.2 Å². The van der Waals surface area contributed by atoms with Crippen LogP contribution in [-0.2, 0) is 4.74 Å². The molecule has 4 aliphatic rings. The third kappa shape index (κ3) is 3.04. The standard InChI is InChI=1S/C17H28Cl2N2O/c18-12-1-2-16(19)13(6-12)11-5-14-15(10-3-4-22-9-10)8-21-17(14)20-7-11/h10-17,20-21H,1-9H2. The molecule has 0 aromatic heterocycles. The Morgan fingerprint density at radius 3 is 2.50 bits per heavy atom. The van der Waals surface area contributed by atoms with Gasteiger partial charge in [0.05, 0.1) is 6.17 Å². The Morgan fingerprint density at radius 2 is 1.68 bits per heavy atom. The number of hydrogen-bond acceptors (Lipinski definition) is 3. The molecule has 126 valence electrons. The highest BCUT2D eigenvalue weighted by atomic mass is 35.5. The van der Waals surface area contributed by atoms with E-state index in [4.69, 9.17) is 27.9 Å². The minimum atomic E-state index is 0.320. The van der Waals surface area contributed by atoms with Crippen molar-refractivity contribution in [2.45, 2.75) is 49.0 Å². The fourth-order valence-corrected chi connectivity index (χ4v) is 6.16. The van der Waals surface area contributed by atoms with Crippen LogP contribution in [0.1, 0.15) is 32.1 Å². The fourth-order valence-electron chi connectivity index (χ4n) is 5.39. The number of fused-ring (bicyclic) bond motifs is 1. The summed E-state index contributed by atoms with van der Waals surface area (Å²) in [6.07, 6.45) is 6.33. The molecule has 4 fully saturated rings. The molecular weight excluding hydrogens is 319 g/mol. The molecule has 2 N–H and O–H groups in total. The highest BCUT2D eigenvalue weighted by Crippen LogP contribution is 2.44. The minimum absolute atomic E-state index is 0.320. The number of nitrogens with one attached hydrogen (secondary N) is 2. The van der Waals surface area contributed by atoms with Crippen molar-refractivity contribution in [3.8, 4) is 0 Å². The van der Waals surface area contributed by atoms with E-state index < -0.39 is 0 Å². The summed E-state index contributed by atoms with van der Waals surface area (Å²) in [7, 11) is 0. The highest BCUT2D eigenvalue weighted by molar-refractivity contribution is 6.22. The lowest BCUT2D eigenvalue weighted by molar-refractivity contribution is 0.108. The van der Waals surface area contributed by atoms with Crippen molar-refractivity contribution in [3.63, 3.8) is 0 Å². The average Bonchev–Trinajstić information content (AvgIpc) is 3.17. The van der Waals surface area contributed by atoms with Crippen molar-refractivity contribution in [1.29, 1.82) is 0 Å². The number of alkyl halides is 2. The van der Waals surface area contributed by atoms with Gasteiger partial charge < -0.3 is 15.4 Å². The zero-order valence-electron chi connectivity index (χ0n) is 13.1. The van der Waals surface area contributed by atoms with Gasteiger partial charge in [0.15, 0.2) is 0 Å². The quantitative estimate of drug-likeness (QED) is 0.754. The van der Waals surface area contributed by atoms with Crippen LogP contribution < -0.4 is 10.6 Å².